The molecule has 1 heterocycles. The van der Waals surface area contributed by atoms with E-state index < -0.39 is 0 Å². The second-order valence-electron chi connectivity index (χ2n) is 4.71. The second kappa shape index (κ2) is 5.93. The van der Waals surface area contributed by atoms with Crippen molar-refractivity contribution in [3.05, 3.63) is 29.1 Å². The Bertz CT molecular complexity index is 671. The van der Waals surface area contributed by atoms with Gasteiger partial charge in [0, 0.05) is 23.2 Å². The van der Waals surface area contributed by atoms with Crippen LogP contribution in [-0.2, 0) is 0 Å². The van der Waals surface area contributed by atoms with Gasteiger partial charge in [0.05, 0.1) is 17.7 Å². The van der Waals surface area contributed by atoms with Crippen LogP contribution in [0.4, 0.5) is 5.69 Å². The standard InChI is InChI=1S/C15H17N3OS/c1-3-18(9-10(2)8-16)15(19)14-13(17)11-6-4-5-7-12(11)20-14/h4-7,10H,3,9,17H2,1-2H3. The van der Waals surface area contributed by atoms with E-state index in [0.717, 1.165) is 10.1 Å². The lowest BCUT2D eigenvalue weighted by Gasteiger charge is -2.21. The van der Waals surface area contributed by atoms with Crippen molar-refractivity contribution in [1.82, 2.24) is 4.90 Å². The summed E-state index contributed by atoms with van der Waals surface area (Å²) in [6.07, 6.45) is 0. The number of nitrogens with two attached hydrogens (primary N) is 1. The average molecular weight is 287 g/mol. The summed E-state index contributed by atoms with van der Waals surface area (Å²) in [6.45, 7) is 4.72. The number of hydrogen-bond acceptors (Lipinski definition) is 4. The number of fused-ring (bicyclic) bond motifs is 1. The average Bonchev–Trinajstić information content (AvgIpc) is 2.81. The van der Waals surface area contributed by atoms with E-state index in [1.807, 2.05) is 38.1 Å². The van der Waals surface area contributed by atoms with Crippen LogP contribution in [0.2, 0.25) is 0 Å². The highest BCUT2D eigenvalue weighted by atomic mass is 32.1. The SMILES string of the molecule is CCN(CC(C)C#N)C(=O)c1sc2ccccc2c1N. The Morgan fingerprint density at radius 3 is 2.80 bits per heavy atom. The quantitative estimate of drug-likeness (QED) is 0.939. The van der Waals surface area contributed by atoms with Gasteiger partial charge in [-0.05, 0) is 19.9 Å². The number of benzene rings is 1. The first kappa shape index (κ1) is 14.4. The molecule has 2 aromatic rings. The van der Waals surface area contributed by atoms with Crippen LogP contribution in [0.3, 0.4) is 0 Å². The summed E-state index contributed by atoms with van der Waals surface area (Å²) in [7, 11) is 0. The Hall–Kier alpha value is -2.06. The molecule has 0 aliphatic rings. The lowest BCUT2D eigenvalue weighted by molar-refractivity contribution is 0.0758. The van der Waals surface area contributed by atoms with Gasteiger partial charge in [0.1, 0.15) is 4.88 Å². The van der Waals surface area contributed by atoms with E-state index in [9.17, 15) is 4.79 Å². The van der Waals surface area contributed by atoms with E-state index in [1.165, 1.54) is 11.3 Å². The van der Waals surface area contributed by atoms with Gasteiger partial charge in [-0.1, -0.05) is 18.2 Å². The molecule has 2 N–H and O–H groups in total. The summed E-state index contributed by atoms with van der Waals surface area (Å²) in [5, 5.41) is 9.81. The van der Waals surface area contributed by atoms with Crippen LogP contribution in [0.1, 0.15) is 23.5 Å². The lowest BCUT2D eigenvalue weighted by atomic mass is 10.2. The number of nitriles is 1. The van der Waals surface area contributed by atoms with Gasteiger partial charge in [-0.2, -0.15) is 5.26 Å². The molecule has 0 radical (unpaired) electrons. The highest BCUT2D eigenvalue weighted by Crippen LogP contribution is 2.34. The van der Waals surface area contributed by atoms with Crippen LogP contribution >= 0.6 is 11.3 Å². The monoisotopic (exact) mass is 287 g/mol. The van der Waals surface area contributed by atoms with Gasteiger partial charge in [-0.25, -0.2) is 0 Å². The van der Waals surface area contributed by atoms with Crippen LogP contribution < -0.4 is 5.73 Å². The third-order valence-corrected chi connectivity index (χ3v) is 4.39. The molecule has 0 spiro atoms. The summed E-state index contributed by atoms with van der Waals surface area (Å²) in [5.74, 6) is -0.275. The molecule has 2 rings (SSSR count). The predicted octanol–water partition coefficient (Wildman–Crippen LogP) is 3.11. The molecule has 0 saturated heterocycles. The van der Waals surface area contributed by atoms with Gasteiger partial charge >= 0.3 is 0 Å². The topological polar surface area (TPSA) is 70.1 Å². The maximum atomic E-state index is 12.6. The number of nitrogens with zero attached hydrogens (tertiary/aromatic N) is 2. The predicted molar refractivity (Wildman–Crippen MR) is 82.6 cm³/mol. The van der Waals surface area contributed by atoms with Gasteiger partial charge in [0.2, 0.25) is 0 Å². The fraction of sp³-hybridized carbons (Fsp3) is 0.333. The van der Waals surface area contributed by atoms with E-state index in [1.54, 1.807) is 4.90 Å². The summed E-state index contributed by atoms with van der Waals surface area (Å²) in [6, 6.07) is 9.88. The molecule has 1 atom stereocenters. The molecule has 0 aliphatic heterocycles. The van der Waals surface area contributed by atoms with Crippen molar-refractivity contribution in [3.8, 4) is 6.07 Å². The molecule has 0 bridgehead atoms. The van der Waals surface area contributed by atoms with E-state index in [0.29, 0.717) is 23.7 Å². The first-order chi connectivity index (χ1) is 9.58. The smallest absolute Gasteiger partial charge is 0.266 e. The number of hydrogen-bond donors (Lipinski definition) is 1. The van der Waals surface area contributed by atoms with E-state index in [4.69, 9.17) is 11.0 Å². The third kappa shape index (κ3) is 2.61. The van der Waals surface area contributed by atoms with E-state index >= 15 is 0 Å². The molecule has 0 saturated carbocycles. The van der Waals surface area contributed by atoms with Gasteiger partial charge in [0.25, 0.3) is 5.91 Å². The van der Waals surface area contributed by atoms with Crippen molar-refractivity contribution >= 4 is 33.0 Å². The van der Waals surface area contributed by atoms with Crippen molar-refractivity contribution in [1.29, 1.82) is 5.26 Å². The number of rotatable bonds is 4. The van der Waals surface area contributed by atoms with Crippen LogP contribution in [0.25, 0.3) is 10.1 Å². The van der Waals surface area contributed by atoms with Crippen LogP contribution in [0, 0.1) is 17.2 Å². The molecule has 1 amide bonds. The fourth-order valence-electron chi connectivity index (χ4n) is 2.09. The van der Waals surface area contributed by atoms with Crippen molar-refractivity contribution < 1.29 is 4.79 Å². The zero-order chi connectivity index (χ0) is 14.7. The molecule has 1 aromatic carbocycles. The highest BCUT2D eigenvalue weighted by molar-refractivity contribution is 7.21. The first-order valence-electron chi connectivity index (χ1n) is 6.54. The maximum Gasteiger partial charge on any atom is 0.266 e. The number of nitrogen functional groups attached to an aromatic ring is 1. The van der Waals surface area contributed by atoms with Gasteiger partial charge in [-0.3, -0.25) is 4.79 Å². The maximum absolute atomic E-state index is 12.6. The molecule has 1 unspecified atom stereocenters. The molecule has 104 valence electrons. The van der Waals surface area contributed by atoms with Crippen molar-refractivity contribution in [2.45, 2.75) is 13.8 Å². The minimum absolute atomic E-state index is 0.0895. The minimum Gasteiger partial charge on any atom is -0.397 e. The number of anilines is 1. The fourth-order valence-corrected chi connectivity index (χ4v) is 3.19. The Kier molecular flexibility index (Phi) is 4.26. The summed E-state index contributed by atoms with van der Waals surface area (Å²) >= 11 is 1.41. The zero-order valence-electron chi connectivity index (χ0n) is 11.6. The lowest BCUT2D eigenvalue weighted by Crippen LogP contribution is -2.34. The number of thiophene rings is 1. The van der Waals surface area contributed by atoms with Gasteiger partial charge < -0.3 is 10.6 Å². The summed E-state index contributed by atoms with van der Waals surface area (Å²) in [4.78, 5) is 14.8. The third-order valence-electron chi connectivity index (χ3n) is 3.21. The number of carbonyl (C=O) groups excluding carboxylic acids is 1. The Balaban J connectivity index is 2.35. The van der Waals surface area contributed by atoms with E-state index in [-0.39, 0.29) is 11.8 Å². The minimum atomic E-state index is -0.186. The van der Waals surface area contributed by atoms with Crippen LogP contribution in [0.15, 0.2) is 24.3 Å². The second-order valence-corrected chi connectivity index (χ2v) is 5.77. The van der Waals surface area contributed by atoms with Gasteiger partial charge in [-0.15, -0.1) is 11.3 Å². The van der Waals surface area contributed by atoms with E-state index in [2.05, 4.69) is 6.07 Å². The first-order valence-corrected chi connectivity index (χ1v) is 7.36. The van der Waals surface area contributed by atoms with Crippen molar-refractivity contribution in [3.63, 3.8) is 0 Å². The van der Waals surface area contributed by atoms with Crippen LogP contribution in [0.5, 0.6) is 0 Å². The molecule has 1 aromatic heterocycles. The summed E-state index contributed by atoms with van der Waals surface area (Å²) < 4.78 is 1.01. The summed E-state index contributed by atoms with van der Waals surface area (Å²) in [5.41, 5.74) is 6.63. The molecular weight excluding hydrogens is 270 g/mol. The normalized spacial score (nSPS) is 12.1. The highest BCUT2D eigenvalue weighted by Gasteiger charge is 2.22. The molecule has 0 fully saturated rings. The largest absolute Gasteiger partial charge is 0.397 e. The van der Waals surface area contributed by atoms with Gasteiger partial charge in [0.15, 0.2) is 0 Å². The number of amides is 1. The van der Waals surface area contributed by atoms with Crippen LogP contribution in [-0.4, -0.2) is 23.9 Å². The van der Waals surface area contributed by atoms with Crippen molar-refractivity contribution in [2.24, 2.45) is 5.92 Å². The van der Waals surface area contributed by atoms with Crippen molar-refractivity contribution in [2.75, 3.05) is 18.8 Å². The Morgan fingerprint density at radius 2 is 2.20 bits per heavy atom. The number of carbonyl (C=O) groups is 1. The molecule has 0 aliphatic carbocycles. The Labute approximate surface area is 122 Å². The zero-order valence-corrected chi connectivity index (χ0v) is 12.4. The molecule has 4 nitrogen and oxygen atoms in total. The molecule has 5 heteroatoms. The Morgan fingerprint density at radius 1 is 1.50 bits per heavy atom. The molecular formula is C15H17N3OS. The molecule has 20 heavy (non-hydrogen) atoms.